The summed E-state index contributed by atoms with van der Waals surface area (Å²) < 4.78 is 0. The van der Waals surface area contributed by atoms with E-state index in [9.17, 15) is 9.59 Å². The lowest BCUT2D eigenvalue weighted by molar-refractivity contribution is -0.140. The van der Waals surface area contributed by atoms with E-state index < -0.39 is 0 Å². The summed E-state index contributed by atoms with van der Waals surface area (Å²) in [7, 11) is 0. The predicted molar refractivity (Wildman–Crippen MR) is 48.0 cm³/mol. The van der Waals surface area contributed by atoms with E-state index in [0.29, 0.717) is 13.1 Å². The van der Waals surface area contributed by atoms with Gasteiger partial charge in [0.2, 0.25) is 11.8 Å². The number of amides is 2. The van der Waals surface area contributed by atoms with Crippen molar-refractivity contribution in [2.24, 2.45) is 0 Å². The normalized spacial score (nSPS) is 23.7. The fourth-order valence-corrected chi connectivity index (χ4v) is 1.52. The lowest BCUT2D eigenvalue weighted by atomic mass is 10.2. The molecule has 1 saturated heterocycles. The standard InChI is InChI=1S/C7H11BrN2O2/c1-5-7(12)9-2-3-10(5)6(11)4-8/h5H,2-4H2,1H3,(H,9,12). The zero-order valence-corrected chi connectivity index (χ0v) is 8.43. The van der Waals surface area contributed by atoms with Gasteiger partial charge in [-0.1, -0.05) is 15.9 Å². The van der Waals surface area contributed by atoms with Crippen molar-refractivity contribution >= 4 is 27.7 Å². The van der Waals surface area contributed by atoms with Crippen LogP contribution >= 0.6 is 15.9 Å². The minimum atomic E-state index is -0.330. The van der Waals surface area contributed by atoms with Gasteiger partial charge in [-0.25, -0.2) is 0 Å². The Hall–Kier alpha value is -0.580. The molecule has 2 amide bonds. The molecular formula is C7H11BrN2O2. The number of nitrogens with one attached hydrogen (secondary N) is 1. The Morgan fingerprint density at radius 2 is 2.50 bits per heavy atom. The molecule has 0 radical (unpaired) electrons. The van der Waals surface area contributed by atoms with Crippen LogP contribution in [-0.4, -0.2) is 41.2 Å². The maximum atomic E-state index is 11.2. The molecule has 0 aromatic rings. The van der Waals surface area contributed by atoms with E-state index in [1.54, 1.807) is 11.8 Å². The van der Waals surface area contributed by atoms with Gasteiger partial charge in [-0.05, 0) is 6.92 Å². The second-order valence-corrected chi connectivity index (χ2v) is 3.25. The van der Waals surface area contributed by atoms with Crippen LogP contribution < -0.4 is 5.32 Å². The van der Waals surface area contributed by atoms with Crippen molar-refractivity contribution in [3.05, 3.63) is 0 Å². The lowest BCUT2D eigenvalue weighted by Crippen LogP contribution is -2.56. The molecule has 0 aromatic heterocycles. The number of carbonyl (C=O) groups excluding carboxylic acids is 2. The molecule has 5 heteroatoms. The molecule has 0 aromatic carbocycles. The Kier molecular flexibility index (Phi) is 3.08. The number of alkyl halides is 1. The summed E-state index contributed by atoms with van der Waals surface area (Å²) in [5.74, 6) is -0.104. The molecule has 1 atom stereocenters. The van der Waals surface area contributed by atoms with Crippen molar-refractivity contribution in [3.63, 3.8) is 0 Å². The van der Waals surface area contributed by atoms with Crippen LogP contribution in [0.5, 0.6) is 0 Å². The number of hydrogen-bond acceptors (Lipinski definition) is 2. The quantitative estimate of drug-likeness (QED) is 0.636. The van der Waals surface area contributed by atoms with E-state index in [2.05, 4.69) is 21.2 Å². The molecule has 1 aliphatic heterocycles. The number of halogens is 1. The van der Waals surface area contributed by atoms with E-state index in [1.807, 2.05) is 0 Å². The molecule has 0 spiro atoms. The summed E-state index contributed by atoms with van der Waals surface area (Å²) in [4.78, 5) is 23.9. The van der Waals surface area contributed by atoms with Gasteiger partial charge < -0.3 is 10.2 Å². The van der Waals surface area contributed by atoms with E-state index in [1.165, 1.54) is 0 Å². The average molecular weight is 235 g/mol. The van der Waals surface area contributed by atoms with Gasteiger partial charge in [-0.15, -0.1) is 0 Å². The fraction of sp³-hybridized carbons (Fsp3) is 0.714. The molecule has 4 nitrogen and oxygen atoms in total. The topological polar surface area (TPSA) is 49.4 Å². The molecule has 68 valence electrons. The van der Waals surface area contributed by atoms with Crippen molar-refractivity contribution in [2.45, 2.75) is 13.0 Å². The average Bonchev–Trinajstić information content (AvgIpc) is 2.08. The van der Waals surface area contributed by atoms with Crippen molar-refractivity contribution in [1.29, 1.82) is 0 Å². The Morgan fingerprint density at radius 1 is 1.83 bits per heavy atom. The highest BCUT2D eigenvalue weighted by Crippen LogP contribution is 2.05. The van der Waals surface area contributed by atoms with Gasteiger partial charge in [-0.3, -0.25) is 9.59 Å². The molecule has 0 saturated carbocycles. The zero-order chi connectivity index (χ0) is 9.14. The van der Waals surface area contributed by atoms with Crippen LogP contribution in [0.4, 0.5) is 0 Å². The zero-order valence-electron chi connectivity index (χ0n) is 6.84. The Balaban J connectivity index is 2.63. The summed E-state index contributed by atoms with van der Waals surface area (Å²) in [5.41, 5.74) is 0. The number of rotatable bonds is 1. The Bertz CT molecular complexity index is 208. The van der Waals surface area contributed by atoms with Crippen molar-refractivity contribution < 1.29 is 9.59 Å². The van der Waals surface area contributed by atoms with E-state index in [-0.39, 0.29) is 23.2 Å². The summed E-state index contributed by atoms with van der Waals surface area (Å²) >= 11 is 3.07. The first-order valence-corrected chi connectivity index (χ1v) is 4.92. The number of piperazine rings is 1. The van der Waals surface area contributed by atoms with Crippen LogP contribution in [0, 0.1) is 0 Å². The summed E-state index contributed by atoms with van der Waals surface area (Å²) in [6, 6.07) is -0.330. The van der Waals surface area contributed by atoms with Crippen molar-refractivity contribution in [2.75, 3.05) is 18.4 Å². The molecule has 0 aliphatic carbocycles. The first-order valence-electron chi connectivity index (χ1n) is 3.80. The van der Waals surface area contributed by atoms with Crippen LogP contribution in [0.1, 0.15) is 6.92 Å². The molecule has 1 rings (SSSR count). The second-order valence-electron chi connectivity index (χ2n) is 2.69. The third-order valence-corrected chi connectivity index (χ3v) is 2.41. The molecule has 1 heterocycles. The van der Waals surface area contributed by atoms with Gasteiger partial charge in [0.05, 0.1) is 5.33 Å². The molecule has 1 N–H and O–H groups in total. The fourth-order valence-electron chi connectivity index (χ4n) is 1.20. The first-order chi connectivity index (χ1) is 5.66. The van der Waals surface area contributed by atoms with E-state index in [0.717, 1.165) is 0 Å². The minimum absolute atomic E-state index is 0.0302. The SMILES string of the molecule is CC1C(=O)NCCN1C(=O)CBr. The third-order valence-electron chi connectivity index (χ3n) is 1.93. The van der Waals surface area contributed by atoms with Crippen molar-refractivity contribution in [3.8, 4) is 0 Å². The highest BCUT2D eigenvalue weighted by molar-refractivity contribution is 9.09. The van der Waals surface area contributed by atoms with Gasteiger partial charge >= 0.3 is 0 Å². The van der Waals surface area contributed by atoms with Crippen LogP contribution in [0.3, 0.4) is 0 Å². The number of hydrogen-bond donors (Lipinski definition) is 1. The smallest absolute Gasteiger partial charge is 0.242 e. The largest absolute Gasteiger partial charge is 0.353 e. The lowest BCUT2D eigenvalue weighted by Gasteiger charge is -2.32. The van der Waals surface area contributed by atoms with Gasteiger partial charge in [-0.2, -0.15) is 0 Å². The van der Waals surface area contributed by atoms with E-state index >= 15 is 0 Å². The predicted octanol–water partition coefficient (Wildman–Crippen LogP) is -0.272. The van der Waals surface area contributed by atoms with Crippen LogP contribution in [0.25, 0.3) is 0 Å². The van der Waals surface area contributed by atoms with Crippen LogP contribution in [-0.2, 0) is 9.59 Å². The summed E-state index contributed by atoms with van der Waals surface area (Å²) in [6.07, 6.45) is 0. The Labute approximate surface area is 79.4 Å². The molecule has 1 unspecified atom stereocenters. The number of nitrogens with zero attached hydrogens (tertiary/aromatic N) is 1. The molecule has 1 fully saturated rings. The highest BCUT2D eigenvalue weighted by atomic mass is 79.9. The first kappa shape index (κ1) is 9.51. The van der Waals surface area contributed by atoms with Gasteiger partial charge in [0.15, 0.2) is 0 Å². The second kappa shape index (κ2) is 3.89. The van der Waals surface area contributed by atoms with Crippen molar-refractivity contribution in [1.82, 2.24) is 10.2 Å². The monoisotopic (exact) mass is 234 g/mol. The van der Waals surface area contributed by atoms with E-state index in [4.69, 9.17) is 0 Å². The number of carbonyl (C=O) groups is 2. The van der Waals surface area contributed by atoms with Gasteiger partial charge in [0, 0.05) is 13.1 Å². The maximum absolute atomic E-state index is 11.2. The molecular weight excluding hydrogens is 224 g/mol. The van der Waals surface area contributed by atoms with Crippen LogP contribution in [0.15, 0.2) is 0 Å². The van der Waals surface area contributed by atoms with Gasteiger partial charge in [0.25, 0.3) is 0 Å². The summed E-state index contributed by atoms with van der Waals surface area (Å²) in [5, 5.41) is 2.97. The molecule has 1 aliphatic rings. The highest BCUT2D eigenvalue weighted by Gasteiger charge is 2.28. The maximum Gasteiger partial charge on any atom is 0.242 e. The molecule has 12 heavy (non-hydrogen) atoms. The van der Waals surface area contributed by atoms with Crippen LogP contribution in [0.2, 0.25) is 0 Å². The molecule has 0 bridgehead atoms. The summed E-state index contributed by atoms with van der Waals surface area (Å²) in [6.45, 7) is 2.90. The third kappa shape index (κ3) is 1.77. The minimum Gasteiger partial charge on any atom is -0.353 e. The van der Waals surface area contributed by atoms with Gasteiger partial charge in [0.1, 0.15) is 6.04 Å². The Morgan fingerprint density at radius 3 is 3.08 bits per heavy atom.